The molecule has 0 bridgehead atoms. The number of nitrogen functional groups attached to an aromatic ring is 1. The first-order valence-electron chi connectivity index (χ1n) is 5.79. The van der Waals surface area contributed by atoms with Crippen molar-refractivity contribution in [1.82, 2.24) is 15.6 Å². The van der Waals surface area contributed by atoms with Gasteiger partial charge in [0, 0.05) is 11.4 Å². The van der Waals surface area contributed by atoms with E-state index in [9.17, 15) is 4.79 Å². The van der Waals surface area contributed by atoms with Gasteiger partial charge in [-0.25, -0.2) is 5.43 Å². The van der Waals surface area contributed by atoms with Gasteiger partial charge in [0.05, 0.1) is 5.71 Å². The number of nitrogens with zero attached hydrogens (tertiary/aromatic N) is 2. The summed E-state index contributed by atoms with van der Waals surface area (Å²) in [6.07, 6.45) is 0. The van der Waals surface area contributed by atoms with Crippen molar-refractivity contribution in [3.05, 3.63) is 47.3 Å². The largest absolute Gasteiger partial charge is 0.399 e. The molecular formula is C13H15N5O. The van der Waals surface area contributed by atoms with Gasteiger partial charge in [0.15, 0.2) is 5.69 Å². The normalized spacial score (nSPS) is 11.4. The maximum Gasteiger partial charge on any atom is 0.291 e. The van der Waals surface area contributed by atoms with Gasteiger partial charge in [-0.15, -0.1) is 0 Å². The zero-order valence-electron chi connectivity index (χ0n) is 10.8. The Kier molecular flexibility index (Phi) is 3.61. The van der Waals surface area contributed by atoms with Crippen LogP contribution in [0.3, 0.4) is 0 Å². The molecule has 6 heteroatoms. The molecular weight excluding hydrogens is 242 g/mol. The molecule has 0 aliphatic carbocycles. The highest BCUT2D eigenvalue weighted by atomic mass is 16.2. The molecule has 1 aromatic carbocycles. The predicted molar refractivity (Wildman–Crippen MR) is 73.9 cm³/mol. The molecule has 0 saturated heterocycles. The second-order valence-corrected chi connectivity index (χ2v) is 4.20. The standard InChI is InChI=1S/C13H15N5O/c1-8-6-12(17-15-8)13(19)18-16-9(2)10-4-3-5-11(14)7-10/h3-7H,14H2,1-2H3,(H,15,17)(H,18,19). The number of rotatable bonds is 3. The number of aromatic amines is 1. The zero-order valence-corrected chi connectivity index (χ0v) is 10.8. The fourth-order valence-electron chi connectivity index (χ4n) is 1.55. The highest BCUT2D eigenvalue weighted by Crippen LogP contribution is 2.07. The second-order valence-electron chi connectivity index (χ2n) is 4.20. The molecule has 6 nitrogen and oxygen atoms in total. The number of carbonyl (C=O) groups excluding carboxylic acids is 1. The molecule has 1 heterocycles. The highest BCUT2D eigenvalue weighted by molar-refractivity contribution is 6.01. The van der Waals surface area contributed by atoms with Gasteiger partial charge in [0.2, 0.25) is 0 Å². The fourth-order valence-corrected chi connectivity index (χ4v) is 1.55. The predicted octanol–water partition coefficient (Wildman–Crippen LogP) is 1.45. The molecule has 0 aliphatic heterocycles. The monoisotopic (exact) mass is 257 g/mol. The summed E-state index contributed by atoms with van der Waals surface area (Å²) >= 11 is 0. The molecule has 0 spiro atoms. The van der Waals surface area contributed by atoms with Crippen LogP contribution in [0.1, 0.15) is 28.7 Å². The van der Waals surface area contributed by atoms with Crippen molar-refractivity contribution in [2.75, 3.05) is 5.73 Å². The first-order valence-corrected chi connectivity index (χ1v) is 5.79. The maximum absolute atomic E-state index is 11.7. The Labute approximate surface area is 110 Å². The highest BCUT2D eigenvalue weighted by Gasteiger charge is 2.08. The Morgan fingerprint density at radius 1 is 1.42 bits per heavy atom. The lowest BCUT2D eigenvalue weighted by molar-refractivity contribution is 0.0950. The molecule has 2 rings (SSSR count). The number of carbonyl (C=O) groups is 1. The summed E-state index contributed by atoms with van der Waals surface area (Å²) in [6.45, 7) is 3.62. The first kappa shape index (κ1) is 12.8. The van der Waals surface area contributed by atoms with Crippen molar-refractivity contribution < 1.29 is 4.79 Å². The van der Waals surface area contributed by atoms with Gasteiger partial charge in [0.1, 0.15) is 0 Å². The number of nitrogens with one attached hydrogen (secondary N) is 2. The Hall–Kier alpha value is -2.63. The number of anilines is 1. The summed E-state index contributed by atoms with van der Waals surface area (Å²) in [5, 5.41) is 10.6. The Morgan fingerprint density at radius 2 is 2.21 bits per heavy atom. The minimum Gasteiger partial charge on any atom is -0.399 e. The van der Waals surface area contributed by atoms with Crippen LogP contribution in [0.15, 0.2) is 35.4 Å². The molecule has 0 radical (unpaired) electrons. The second kappa shape index (κ2) is 5.34. The molecule has 0 fully saturated rings. The topological polar surface area (TPSA) is 96.2 Å². The first-order chi connectivity index (χ1) is 9.06. The van der Waals surface area contributed by atoms with E-state index in [1.54, 1.807) is 25.1 Å². The van der Waals surface area contributed by atoms with Gasteiger partial charge in [-0.05, 0) is 37.6 Å². The van der Waals surface area contributed by atoms with Gasteiger partial charge in [-0.1, -0.05) is 12.1 Å². The van der Waals surface area contributed by atoms with Crippen LogP contribution in [0.25, 0.3) is 0 Å². The SMILES string of the molecule is CC(=NNC(=O)c1cc(C)[nH]n1)c1cccc(N)c1. The van der Waals surface area contributed by atoms with Crippen molar-refractivity contribution in [2.45, 2.75) is 13.8 Å². The molecule has 0 aliphatic rings. The number of hydrogen-bond acceptors (Lipinski definition) is 4. The van der Waals surface area contributed by atoms with Crippen LogP contribution in [-0.2, 0) is 0 Å². The van der Waals surface area contributed by atoms with E-state index in [-0.39, 0.29) is 5.91 Å². The van der Waals surface area contributed by atoms with Gasteiger partial charge >= 0.3 is 0 Å². The smallest absolute Gasteiger partial charge is 0.291 e. The summed E-state index contributed by atoms with van der Waals surface area (Å²) in [4.78, 5) is 11.7. The molecule has 1 aromatic heterocycles. The molecule has 0 unspecified atom stereocenters. The summed E-state index contributed by atoms with van der Waals surface area (Å²) in [5.41, 5.74) is 11.5. The van der Waals surface area contributed by atoms with E-state index >= 15 is 0 Å². The van der Waals surface area contributed by atoms with Gasteiger partial charge in [-0.3, -0.25) is 9.89 Å². The van der Waals surface area contributed by atoms with Crippen LogP contribution in [0.2, 0.25) is 0 Å². The number of nitrogens with two attached hydrogens (primary N) is 1. The summed E-state index contributed by atoms with van der Waals surface area (Å²) in [6, 6.07) is 8.95. The van der Waals surface area contributed by atoms with E-state index < -0.39 is 0 Å². The van der Waals surface area contributed by atoms with Crippen molar-refractivity contribution in [3.63, 3.8) is 0 Å². The summed E-state index contributed by atoms with van der Waals surface area (Å²) < 4.78 is 0. The van der Waals surface area contributed by atoms with Crippen molar-refractivity contribution in [2.24, 2.45) is 5.10 Å². The molecule has 2 aromatic rings. The third-order valence-corrected chi connectivity index (χ3v) is 2.57. The van der Waals surface area contributed by atoms with Crippen LogP contribution < -0.4 is 11.2 Å². The van der Waals surface area contributed by atoms with Crippen molar-refractivity contribution >= 4 is 17.3 Å². The summed E-state index contributed by atoms with van der Waals surface area (Å²) in [7, 11) is 0. The Balaban J connectivity index is 2.08. The van der Waals surface area contributed by atoms with E-state index in [0.717, 1.165) is 11.3 Å². The van der Waals surface area contributed by atoms with E-state index in [0.29, 0.717) is 17.1 Å². The number of H-pyrrole nitrogens is 1. The third kappa shape index (κ3) is 3.19. The minimum atomic E-state index is -0.354. The average Bonchev–Trinajstić information content (AvgIpc) is 2.82. The number of aryl methyl sites for hydroxylation is 1. The lowest BCUT2D eigenvalue weighted by Crippen LogP contribution is -2.19. The Morgan fingerprint density at radius 3 is 2.84 bits per heavy atom. The maximum atomic E-state index is 11.7. The van der Waals surface area contributed by atoms with Gasteiger partial charge in [-0.2, -0.15) is 10.2 Å². The lowest BCUT2D eigenvalue weighted by Gasteiger charge is -2.02. The van der Waals surface area contributed by atoms with E-state index in [1.807, 2.05) is 19.1 Å². The van der Waals surface area contributed by atoms with Crippen molar-refractivity contribution in [3.8, 4) is 0 Å². The molecule has 0 saturated carbocycles. The Bertz CT molecular complexity index is 629. The minimum absolute atomic E-state index is 0.307. The van der Waals surface area contributed by atoms with E-state index in [1.165, 1.54) is 0 Å². The number of hydrogen-bond donors (Lipinski definition) is 3. The van der Waals surface area contributed by atoms with Crippen molar-refractivity contribution in [1.29, 1.82) is 0 Å². The number of hydrazone groups is 1. The van der Waals surface area contributed by atoms with Gasteiger partial charge < -0.3 is 5.73 Å². The quantitative estimate of drug-likeness (QED) is 0.441. The van der Waals surface area contributed by atoms with Crippen LogP contribution >= 0.6 is 0 Å². The third-order valence-electron chi connectivity index (χ3n) is 2.57. The van der Waals surface area contributed by atoms with Crippen LogP contribution in [0.4, 0.5) is 5.69 Å². The van der Waals surface area contributed by atoms with Crippen LogP contribution in [-0.4, -0.2) is 21.8 Å². The van der Waals surface area contributed by atoms with E-state index in [2.05, 4.69) is 20.7 Å². The number of benzene rings is 1. The fraction of sp³-hybridized carbons (Fsp3) is 0.154. The molecule has 19 heavy (non-hydrogen) atoms. The average molecular weight is 257 g/mol. The van der Waals surface area contributed by atoms with Crippen LogP contribution in [0, 0.1) is 6.92 Å². The van der Waals surface area contributed by atoms with E-state index in [4.69, 9.17) is 5.73 Å². The molecule has 1 amide bonds. The summed E-state index contributed by atoms with van der Waals surface area (Å²) in [5.74, 6) is -0.354. The molecule has 4 N–H and O–H groups in total. The zero-order chi connectivity index (χ0) is 13.8. The molecule has 0 atom stereocenters. The van der Waals surface area contributed by atoms with Crippen LogP contribution in [0.5, 0.6) is 0 Å². The lowest BCUT2D eigenvalue weighted by atomic mass is 10.1. The van der Waals surface area contributed by atoms with Gasteiger partial charge in [0.25, 0.3) is 5.91 Å². The molecule has 98 valence electrons. The number of amides is 1. The number of aromatic nitrogens is 2.